The molecule has 0 saturated heterocycles. The van der Waals surface area contributed by atoms with Crippen molar-refractivity contribution in [2.75, 3.05) is 13.2 Å². The van der Waals surface area contributed by atoms with Crippen molar-refractivity contribution in [1.29, 1.82) is 0 Å². The average molecular weight is 306 g/mol. The van der Waals surface area contributed by atoms with Gasteiger partial charge in [0.05, 0.1) is 24.3 Å². The Balaban J connectivity index is 3.06. The van der Waals surface area contributed by atoms with Gasteiger partial charge < -0.3 is 9.47 Å². The molecule has 0 atom stereocenters. The van der Waals surface area contributed by atoms with Gasteiger partial charge in [-0.25, -0.2) is 9.59 Å². The molecule has 0 aliphatic heterocycles. The van der Waals surface area contributed by atoms with E-state index in [1.165, 1.54) is 0 Å². The van der Waals surface area contributed by atoms with E-state index in [9.17, 15) is 9.59 Å². The van der Waals surface area contributed by atoms with E-state index in [0.717, 1.165) is 31.2 Å². The molecule has 0 radical (unpaired) electrons. The van der Waals surface area contributed by atoms with Gasteiger partial charge in [-0.05, 0) is 44.4 Å². The van der Waals surface area contributed by atoms with Gasteiger partial charge in [0.1, 0.15) is 0 Å². The predicted molar refractivity (Wildman–Crippen MR) is 86.2 cm³/mol. The topological polar surface area (TPSA) is 52.6 Å². The lowest BCUT2D eigenvalue weighted by Gasteiger charge is -2.13. The summed E-state index contributed by atoms with van der Waals surface area (Å²) in [5.41, 5.74) is 1.70. The Morgan fingerprint density at radius 2 is 1.41 bits per heavy atom. The van der Waals surface area contributed by atoms with Gasteiger partial charge >= 0.3 is 11.9 Å². The Morgan fingerprint density at radius 3 is 1.86 bits per heavy atom. The van der Waals surface area contributed by atoms with E-state index < -0.39 is 0 Å². The fraction of sp³-hybridized carbons (Fsp3) is 0.556. The second-order valence-electron chi connectivity index (χ2n) is 5.08. The van der Waals surface area contributed by atoms with Crippen LogP contribution in [-0.2, 0) is 15.9 Å². The summed E-state index contributed by atoms with van der Waals surface area (Å²) in [5, 5.41) is 0. The molecule has 1 rings (SSSR count). The van der Waals surface area contributed by atoms with Crippen LogP contribution in [0, 0.1) is 0 Å². The van der Waals surface area contributed by atoms with Crippen molar-refractivity contribution in [1.82, 2.24) is 0 Å². The van der Waals surface area contributed by atoms with Gasteiger partial charge in [-0.1, -0.05) is 32.3 Å². The minimum atomic E-state index is -0.376. The summed E-state index contributed by atoms with van der Waals surface area (Å²) >= 11 is 0. The maximum absolute atomic E-state index is 12.1. The number of esters is 2. The molecule has 0 aromatic heterocycles. The molecule has 0 unspecified atom stereocenters. The van der Waals surface area contributed by atoms with Crippen LogP contribution in [0.25, 0.3) is 0 Å². The highest BCUT2D eigenvalue weighted by Crippen LogP contribution is 2.20. The smallest absolute Gasteiger partial charge is 0.338 e. The molecule has 0 fully saturated rings. The van der Waals surface area contributed by atoms with E-state index in [1.807, 2.05) is 0 Å². The first-order valence-corrected chi connectivity index (χ1v) is 8.11. The van der Waals surface area contributed by atoms with E-state index in [0.29, 0.717) is 30.8 Å². The summed E-state index contributed by atoms with van der Waals surface area (Å²) in [6, 6.07) is 5.14. The zero-order valence-electron chi connectivity index (χ0n) is 13.8. The lowest BCUT2D eigenvalue weighted by molar-refractivity contribution is 0.0522. The summed E-state index contributed by atoms with van der Waals surface area (Å²) in [6.45, 7) is 6.33. The molecule has 0 saturated carbocycles. The molecule has 1 aromatic rings. The molecule has 4 heteroatoms. The summed E-state index contributed by atoms with van der Waals surface area (Å²) in [7, 11) is 0. The van der Waals surface area contributed by atoms with Crippen LogP contribution in [0.4, 0.5) is 0 Å². The Bertz CT molecular complexity index is 458. The number of carbonyl (C=O) groups excluding carboxylic acids is 2. The van der Waals surface area contributed by atoms with E-state index in [4.69, 9.17) is 9.47 Å². The van der Waals surface area contributed by atoms with Gasteiger partial charge in [-0.3, -0.25) is 0 Å². The maximum Gasteiger partial charge on any atom is 0.338 e. The summed E-state index contributed by atoms with van der Waals surface area (Å²) < 4.78 is 10.2. The largest absolute Gasteiger partial charge is 0.462 e. The molecular weight excluding hydrogens is 280 g/mol. The molecule has 4 nitrogen and oxygen atoms in total. The van der Waals surface area contributed by atoms with E-state index in [2.05, 4.69) is 6.92 Å². The third kappa shape index (κ3) is 5.17. The third-order valence-electron chi connectivity index (χ3n) is 3.45. The zero-order chi connectivity index (χ0) is 16.4. The molecule has 0 spiro atoms. The first-order valence-electron chi connectivity index (χ1n) is 8.11. The Morgan fingerprint density at radius 1 is 0.864 bits per heavy atom. The number of carbonyl (C=O) groups is 2. The van der Waals surface area contributed by atoms with Crippen molar-refractivity contribution in [3.8, 4) is 0 Å². The lowest BCUT2D eigenvalue weighted by Crippen LogP contribution is -2.14. The first-order chi connectivity index (χ1) is 10.7. The molecule has 122 valence electrons. The van der Waals surface area contributed by atoms with Crippen LogP contribution in [0.15, 0.2) is 18.2 Å². The normalized spacial score (nSPS) is 10.3. The molecule has 1 aromatic carbocycles. The predicted octanol–water partition coefficient (Wildman–Crippen LogP) is 4.16. The third-order valence-corrected chi connectivity index (χ3v) is 3.45. The average Bonchev–Trinajstić information content (AvgIpc) is 2.52. The highest BCUT2D eigenvalue weighted by molar-refractivity contribution is 5.98. The van der Waals surface area contributed by atoms with Gasteiger partial charge in [-0.15, -0.1) is 0 Å². The van der Waals surface area contributed by atoms with Crippen LogP contribution in [0.3, 0.4) is 0 Å². The van der Waals surface area contributed by atoms with E-state index in [1.54, 1.807) is 32.0 Å². The van der Waals surface area contributed by atoms with Crippen molar-refractivity contribution >= 4 is 11.9 Å². The van der Waals surface area contributed by atoms with Crippen molar-refractivity contribution in [2.45, 2.75) is 52.9 Å². The second-order valence-corrected chi connectivity index (χ2v) is 5.08. The fourth-order valence-electron chi connectivity index (χ4n) is 2.38. The monoisotopic (exact) mass is 306 g/mol. The van der Waals surface area contributed by atoms with Crippen LogP contribution >= 0.6 is 0 Å². The molecule has 0 amide bonds. The number of rotatable bonds is 9. The summed E-state index contributed by atoms with van der Waals surface area (Å²) in [4.78, 5) is 24.2. The zero-order valence-corrected chi connectivity index (χ0v) is 13.8. The van der Waals surface area contributed by atoms with Crippen LogP contribution in [0.2, 0.25) is 0 Å². The standard InChI is InChI=1S/C18H26O4/c1-4-7-8-9-11-14-15(17(19)21-5-2)12-10-13-16(14)18(20)22-6-3/h10,12-13H,4-9,11H2,1-3H3. The van der Waals surface area contributed by atoms with Gasteiger partial charge in [0.2, 0.25) is 0 Å². The molecular formula is C18H26O4. The van der Waals surface area contributed by atoms with Crippen molar-refractivity contribution in [2.24, 2.45) is 0 Å². The molecule has 0 aliphatic rings. The van der Waals surface area contributed by atoms with Gasteiger partial charge in [0.15, 0.2) is 0 Å². The lowest BCUT2D eigenvalue weighted by atomic mass is 9.95. The van der Waals surface area contributed by atoms with Crippen molar-refractivity contribution in [3.05, 3.63) is 34.9 Å². The first kappa shape index (κ1) is 18.2. The van der Waals surface area contributed by atoms with Crippen LogP contribution in [-0.4, -0.2) is 25.2 Å². The van der Waals surface area contributed by atoms with Crippen molar-refractivity contribution in [3.63, 3.8) is 0 Å². The quantitative estimate of drug-likeness (QED) is 0.508. The highest BCUT2D eigenvalue weighted by Gasteiger charge is 2.20. The summed E-state index contributed by atoms with van der Waals surface area (Å²) in [6.07, 6.45) is 5.00. The van der Waals surface area contributed by atoms with E-state index in [-0.39, 0.29) is 11.9 Å². The summed E-state index contributed by atoms with van der Waals surface area (Å²) in [5.74, 6) is -0.752. The van der Waals surface area contributed by atoms with Gasteiger partial charge in [0, 0.05) is 0 Å². The highest BCUT2D eigenvalue weighted by atomic mass is 16.5. The van der Waals surface area contributed by atoms with Gasteiger partial charge in [0.25, 0.3) is 0 Å². The van der Waals surface area contributed by atoms with Gasteiger partial charge in [-0.2, -0.15) is 0 Å². The van der Waals surface area contributed by atoms with Crippen LogP contribution in [0.1, 0.15) is 72.7 Å². The molecule has 0 N–H and O–H groups in total. The molecule has 0 bridgehead atoms. The maximum atomic E-state index is 12.1. The Kier molecular flexibility index (Phi) is 8.26. The minimum absolute atomic E-state index is 0.317. The SMILES string of the molecule is CCCCCCc1c(C(=O)OCC)cccc1C(=O)OCC. The van der Waals surface area contributed by atoms with Crippen LogP contribution < -0.4 is 0 Å². The molecule has 0 heterocycles. The molecule has 0 aliphatic carbocycles. The minimum Gasteiger partial charge on any atom is -0.462 e. The number of hydrogen-bond acceptors (Lipinski definition) is 4. The van der Waals surface area contributed by atoms with Crippen LogP contribution in [0.5, 0.6) is 0 Å². The molecule has 22 heavy (non-hydrogen) atoms. The number of benzene rings is 1. The Labute approximate surface area is 132 Å². The number of hydrogen-bond donors (Lipinski definition) is 0. The number of ether oxygens (including phenoxy) is 2. The Hall–Kier alpha value is -1.84. The second kappa shape index (κ2) is 9.98. The fourth-order valence-corrected chi connectivity index (χ4v) is 2.38. The van der Waals surface area contributed by atoms with Crippen molar-refractivity contribution < 1.29 is 19.1 Å². The number of unbranched alkanes of at least 4 members (excludes halogenated alkanes) is 3. The van der Waals surface area contributed by atoms with E-state index >= 15 is 0 Å².